The first kappa shape index (κ1) is 15.3. The number of hydrogen-bond donors (Lipinski definition) is 0. The van der Waals surface area contributed by atoms with Gasteiger partial charge in [0.25, 0.3) is 0 Å². The summed E-state index contributed by atoms with van der Waals surface area (Å²) in [6.07, 6.45) is 5.11. The number of rotatable bonds is 2. The molecule has 0 spiro atoms. The molecule has 2 aromatic heterocycles. The zero-order valence-electron chi connectivity index (χ0n) is 13.3. The van der Waals surface area contributed by atoms with E-state index in [0.29, 0.717) is 27.5 Å². The summed E-state index contributed by atoms with van der Waals surface area (Å²) < 4.78 is 16.8. The molecule has 0 amide bonds. The summed E-state index contributed by atoms with van der Waals surface area (Å²) in [5.74, 6) is 1.07. The minimum atomic E-state index is -0.299. The van der Waals surface area contributed by atoms with Crippen LogP contribution in [0.2, 0.25) is 5.02 Å². The number of anilines is 1. The number of benzene rings is 1. The minimum Gasteiger partial charge on any atom is -0.369 e. The molecule has 3 heterocycles. The van der Waals surface area contributed by atoms with Crippen molar-refractivity contribution in [3.05, 3.63) is 47.4 Å². The quantitative estimate of drug-likeness (QED) is 0.712. The average Bonchev–Trinajstić information content (AvgIpc) is 3.02. The first-order chi connectivity index (χ1) is 11.6. The van der Waals surface area contributed by atoms with Gasteiger partial charge in [0.15, 0.2) is 5.82 Å². The lowest BCUT2D eigenvalue weighted by molar-refractivity contribution is 0.469. The molecule has 5 nitrogen and oxygen atoms in total. The van der Waals surface area contributed by atoms with E-state index in [1.54, 1.807) is 18.5 Å². The highest BCUT2D eigenvalue weighted by Crippen LogP contribution is 2.33. The van der Waals surface area contributed by atoms with Gasteiger partial charge in [-0.15, -0.1) is 10.2 Å². The summed E-state index contributed by atoms with van der Waals surface area (Å²) in [5.41, 5.74) is 0.920. The molecule has 0 N–H and O–H groups in total. The number of hydrogen-bond acceptors (Lipinski definition) is 4. The third-order valence-corrected chi connectivity index (χ3v) is 5.05. The van der Waals surface area contributed by atoms with Gasteiger partial charge in [-0.3, -0.25) is 4.98 Å². The lowest BCUT2D eigenvalue weighted by atomic mass is 9.95. The van der Waals surface area contributed by atoms with Crippen molar-refractivity contribution < 1.29 is 4.39 Å². The van der Waals surface area contributed by atoms with Crippen molar-refractivity contribution in [1.29, 1.82) is 0 Å². The van der Waals surface area contributed by atoms with Crippen molar-refractivity contribution in [1.82, 2.24) is 19.7 Å². The van der Waals surface area contributed by atoms with Crippen molar-refractivity contribution in [2.75, 3.05) is 18.0 Å². The zero-order chi connectivity index (χ0) is 16.7. The Kier molecular flexibility index (Phi) is 3.84. The summed E-state index contributed by atoms with van der Waals surface area (Å²) in [7, 11) is 1.96. The van der Waals surface area contributed by atoms with Gasteiger partial charge >= 0.3 is 0 Å². The second-order valence-corrected chi connectivity index (χ2v) is 6.56. The summed E-state index contributed by atoms with van der Waals surface area (Å²) >= 11 is 6.12. The predicted octanol–water partition coefficient (Wildman–Crippen LogP) is 3.54. The fourth-order valence-corrected chi connectivity index (χ4v) is 3.63. The Morgan fingerprint density at radius 1 is 1.21 bits per heavy atom. The van der Waals surface area contributed by atoms with Gasteiger partial charge in [0.05, 0.1) is 10.7 Å². The van der Waals surface area contributed by atoms with Gasteiger partial charge in [-0.1, -0.05) is 11.6 Å². The lowest BCUT2D eigenvalue weighted by Crippen LogP contribution is -2.34. The lowest BCUT2D eigenvalue weighted by Gasteiger charge is -2.33. The highest BCUT2D eigenvalue weighted by Gasteiger charge is 2.26. The molecule has 4 rings (SSSR count). The molecule has 1 aliphatic rings. The molecule has 3 aromatic rings. The first-order valence-electron chi connectivity index (χ1n) is 7.96. The Balaban J connectivity index is 1.59. The largest absolute Gasteiger partial charge is 0.369 e. The molecule has 1 fully saturated rings. The molecule has 0 bridgehead atoms. The molecule has 0 aliphatic carbocycles. The van der Waals surface area contributed by atoms with Crippen LogP contribution in [0.15, 0.2) is 30.7 Å². The van der Waals surface area contributed by atoms with E-state index in [0.717, 1.165) is 31.8 Å². The highest BCUT2D eigenvalue weighted by atomic mass is 35.5. The molecule has 7 heteroatoms. The van der Waals surface area contributed by atoms with Gasteiger partial charge in [-0.05, 0) is 31.0 Å². The Labute approximate surface area is 144 Å². The summed E-state index contributed by atoms with van der Waals surface area (Å²) in [4.78, 5) is 6.23. The Hall–Kier alpha value is -2.21. The summed E-state index contributed by atoms with van der Waals surface area (Å²) in [5, 5.41) is 9.32. The molecular formula is C17H17ClFN5. The van der Waals surface area contributed by atoms with Gasteiger partial charge in [-0.25, -0.2) is 4.39 Å². The molecular weight excluding hydrogens is 329 g/mol. The summed E-state index contributed by atoms with van der Waals surface area (Å²) in [6, 6.07) is 5.32. The predicted molar refractivity (Wildman–Crippen MR) is 91.9 cm³/mol. The zero-order valence-corrected chi connectivity index (χ0v) is 14.0. The van der Waals surface area contributed by atoms with E-state index in [1.807, 2.05) is 17.7 Å². The van der Waals surface area contributed by atoms with E-state index in [-0.39, 0.29) is 5.82 Å². The van der Waals surface area contributed by atoms with Crippen LogP contribution >= 0.6 is 11.6 Å². The number of pyridine rings is 1. The standard InChI is InChI=1S/C17H17ClFN5/c1-23-10-21-22-17(23)11-5-8-24(9-6-11)14-3-2-12-13(18)4-7-20-16(12)15(14)19/h2-4,7,10-11H,5-6,8-9H2,1H3. The van der Waals surface area contributed by atoms with Crippen LogP contribution < -0.4 is 4.90 Å². The number of piperidine rings is 1. The molecule has 1 aliphatic heterocycles. The van der Waals surface area contributed by atoms with Crippen molar-refractivity contribution in [2.45, 2.75) is 18.8 Å². The second kappa shape index (κ2) is 6.02. The van der Waals surface area contributed by atoms with Crippen LogP contribution in [0.1, 0.15) is 24.6 Å². The van der Waals surface area contributed by atoms with Gasteiger partial charge < -0.3 is 9.47 Å². The van der Waals surface area contributed by atoms with Crippen LogP contribution in [-0.4, -0.2) is 32.8 Å². The van der Waals surface area contributed by atoms with E-state index in [1.165, 1.54) is 6.20 Å². The van der Waals surface area contributed by atoms with Gasteiger partial charge in [0, 0.05) is 37.6 Å². The van der Waals surface area contributed by atoms with Crippen LogP contribution in [0.4, 0.5) is 10.1 Å². The van der Waals surface area contributed by atoms with Gasteiger partial charge in [-0.2, -0.15) is 0 Å². The third-order valence-electron chi connectivity index (χ3n) is 4.72. The molecule has 1 saturated heterocycles. The number of nitrogens with zero attached hydrogens (tertiary/aromatic N) is 5. The van der Waals surface area contributed by atoms with Gasteiger partial charge in [0.2, 0.25) is 0 Å². The highest BCUT2D eigenvalue weighted by molar-refractivity contribution is 6.35. The third kappa shape index (κ3) is 2.51. The number of aromatic nitrogens is 4. The molecule has 124 valence electrons. The molecule has 0 radical (unpaired) electrons. The fraction of sp³-hybridized carbons (Fsp3) is 0.353. The number of halogens is 2. The molecule has 24 heavy (non-hydrogen) atoms. The smallest absolute Gasteiger partial charge is 0.172 e. The Morgan fingerprint density at radius 3 is 2.71 bits per heavy atom. The fourth-order valence-electron chi connectivity index (χ4n) is 3.42. The van der Waals surface area contributed by atoms with E-state index in [9.17, 15) is 4.39 Å². The minimum absolute atomic E-state index is 0.299. The van der Waals surface area contributed by atoms with Crippen molar-refractivity contribution in [3.63, 3.8) is 0 Å². The van der Waals surface area contributed by atoms with Crippen molar-refractivity contribution in [3.8, 4) is 0 Å². The number of aryl methyl sites for hydroxylation is 1. The molecule has 0 saturated carbocycles. The van der Waals surface area contributed by atoms with Crippen molar-refractivity contribution in [2.24, 2.45) is 7.05 Å². The van der Waals surface area contributed by atoms with Crippen LogP contribution in [0.25, 0.3) is 10.9 Å². The maximum absolute atomic E-state index is 14.9. The maximum atomic E-state index is 14.9. The molecule has 0 atom stereocenters. The van der Waals surface area contributed by atoms with E-state index < -0.39 is 0 Å². The SMILES string of the molecule is Cn1cnnc1C1CCN(c2ccc3c(Cl)ccnc3c2F)CC1. The molecule has 0 unspecified atom stereocenters. The topological polar surface area (TPSA) is 46.8 Å². The molecule has 1 aromatic carbocycles. The Morgan fingerprint density at radius 2 is 2.00 bits per heavy atom. The summed E-state index contributed by atoms with van der Waals surface area (Å²) in [6.45, 7) is 1.56. The average molecular weight is 346 g/mol. The van der Waals surface area contributed by atoms with E-state index in [2.05, 4.69) is 20.1 Å². The van der Waals surface area contributed by atoms with Crippen molar-refractivity contribution >= 4 is 28.2 Å². The Bertz CT molecular complexity index is 886. The van der Waals surface area contributed by atoms with Crippen LogP contribution in [0, 0.1) is 5.82 Å². The number of fused-ring (bicyclic) bond motifs is 1. The van der Waals surface area contributed by atoms with Crippen LogP contribution in [0.5, 0.6) is 0 Å². The maximum Gasteiger partial charge on any atom is 0.172 e. The first-order valence-corrected chi connectivity index (χ1v) is 8.34. The van der Waals surface area contributed by atoms with E-state index in [4.69, 9.17) is 11.6 Å². The van der Waals surface area contributed by atoms with Gasteiger partial charge in [0.1, 0.15) is 17.7 Å². The monoisotopic (exact) mass is 345 g/mol. The second-order valence-electron chi connectivity index (χ2n) is 6.15. The normalized spacial score (nSPS) is 16.0. The van der Waals surface area contributed by atoms with Crippen LogP contribution in [0.3, 0.4) is 0 Å². The van der Waals surface area contributed by atoms with Crippen LogP contribution in [-0.2, 0) is 7.05 Å². The van der Waals surface area contributed by atoms with E-state index >= 15 is 0 Å².